The molecule has 0 amide bonds. The zero-order valence-electron chi connectivity index (χ0n) is 23.1. The van der Waals surface area contributed by atoms with E-state index in [9.17, 15) is 0 Å². The first-order chi connectivity index (χ1) is 20.2. The van der Waals surface area contributed by atoms with Crippen molar-refractivity contribution >= 4 is 23.4 Å². The van der Waals surface area contributed by atoms with E-state index in [-0.39, 0.29) is 21.1 Å². The third kappa shape index (κ3) is 4.53. The molecule has 0 unspecified atom stereocenters. The number of nitrogens with zero attached hydrogens (tertiary/aromatic N) is 2. The van der Waals surface area contributed by atoms with Gasteiger partial charge in [0.2, 0.25) is 0 Å². The largest absolute Gasteiger partial charge is 0.452 e. The van der Waals surface area contributed by atoms with Gasteiger partial charge in [-0.05, 0) is 28.3 Å². The van der Waals surface area contributed by atoms with Crippen LogP contribution in [0.15, 0.2) is 126 Å². The molecule has 1 aliphatic carbocycles. The molecule has 0 saturated carbocycles. The molecule has 1 spiro atoms. The van der Waals surface area contributed by atoms with E-state index in [4.69, 9.17) is 9.98 Å². The molecule has 2 nitrogen and oxygen atoms in total. The van der Waals surface area contributed by atoms with Crippen molar-refractivity contribution in [2.75, 3.05) is 0 Å². The molecule has 5 aromatic rings. The van der Waals surface area contributed by atoms with Crippen molar-refractivity contribution < 1.29 is 21.1 Å². The quantitative estimate of drug-likeness (QED) is 0.147. The van der Waals surface area contributed by atoms with Crippen LogP contribution in [0, 0.1) is 19.2 Å². The van der Waals surface area contributed by atoms with Gasteiger partial charge in [-0.2, -0.15) is 19.2 Å². The fraction of sp³-hybridized carbons (Fsp3) is 0.0513. The van der Waals surface area contributed by atoms with Gasteiger partial charge in [0.15, 0.2) is 0 Å². The summed E-state index contributed by atoms with van der Waals surface area (Å²) in [7, 11) is 4.08. The van der Waals surface area contributed by atoms with Crippen molar-refractivity contribution in [2.24, 2.45) is 4.99 Å². The molecule has 3 heteroatoms. The number of fused-ring (bicyclic) bond motifs is 13. The third-order valence-corrected chi connectivity index (χ3v) is 8.02. The number of hydrogen-bond acceptors (Lipinski definition) is 2. The Kier molecular flexibility index (Phi) is 7.50. The molecule has 1 aliphatic heterocycles. The number of rotatable bonds is 0. The van der Waals surface area contributed by atoms with Crippen LogP contribution in [0.2, 0.25) is 0 Å². The Morgan fingerprint density at radius 2 is 1.26 bits per heavy atom. The molecule has 0 radical (unpaired) electrons. The van der Waals surface area contributed by atoms with Gasteiger partial charge < -0.3 is 4.99 Å². The number of hydrogen-bond donors (Lipinski definition) is 0. The van der Waals surface area contributed by atoms with Crippen LogP contribution in [-0.4, -0.2) is 10.7 Å². The molecule has 7 rings (SSSR count). The number of aromatic nitrogens is 1. The molecule has 6 bridgehead atoms. The molecule has 0 atom stereocenters. The van der Waals surface area contributed by atoms with Gasteiger partial charge in [0.05, 0.1) is 0 Å². The van der Waals surface area contributed by atoms with Gasteiger partial charge in [0.1, 0.15) is 0 Å². The molecule has 206 valence electrons. The van der Waals surface area contributed by atoms with Crippen LogP contribution in [0.3, 0.4) is 0 Å². The van der Waals surface area contributed by atoms with E-state index < -0.39 is 5.41 Å². The van der Waals surface area contributed by atoms with Gasteiger partial charge in [-0.25, -0.2) is 0 Å². The minimum Gasteiger partial charge on any atom is -0.452 e. The van der Waals surface area contributed by atoms with Gasteiger partial charge in [-0.1, -0.05) is 91.0 Å². The van der Waals surface area contributed by atoms with Crippen LogP contribution >= 0.6 is 0 Å². The van der Waals surface area contributed by atoms with E-state index in [0.29, 0.717) is 0 Å². The molecule has 0 saturated heterocycles. The van der Waals surface area contributed by atoms with Crippen LogP contribution in [-0.2, 0) is 26.5 Å². The van der Waals surface area contributed by atoms with E-state index >= 15 is 0 Å². The maximum absolute atomic E-state index is 5.34. The van der Waals surface area contributed by atoms with E-state index in [0.717, 1.165) is 56.1 Å². The maximum atomic E-state index is 5.34. The molecular formula is C39H27N2Pt-3. The zero-order chi connectivity index (χ0) is 27.8. The second-order valence-corrected chi connectivity index (χ2v) is 10.4. The minimum absolute atomic E-state index is 0. The first-order valence-corrected chi connectivity index (χ1v) is 13.8. The van der Waals surface area contributed by atoms with Gasteiger partial charge in [-0.3, -0.25) is 4.98 Å². The smallest absolute Gasteiger partial charge is 0.0386 e. The van der Waals surface area contributed by atoms with E-state index in [1.807, 2.05) is 0 Å². The Morgan fingerprint density at radius 1 is 0.667 bits per heavy atom. The fourth-order valence-electron chi connectivity index (χ4n) is 6.11. The first-order valence-electron chi connectivity index (χ1n) is 13.8. The number of pyridine rings is 1. The molecular weight excluding hydrogens is 692 g/mol. The van der Waals surface area contributed by atoms with E-state index in [1.165, 1.54) is 11.1 Å². The monoisotopic (exact) mass is 718 g/mol. The molecule has 4 aromatic carbocycles. The number of benzene rings is 4. The zero-order valence-corrected chi connectivity index (χ0v) is 25.4. The number of aliphatic imine (C=N–C) groups is 1. The summed E-state index contributed by atoms with van der Waals surface area (Å²) in [6.07, 6.45) is 10.4. The summed E-state index contributed by atoms with van der Waals surface area (Å²) in [6.45, 7) is 2.11. The van der Waals surface area contributed by atoms with Crippen molar-refractivity contribution in [2.45, 2.75) is 12.3 Å². The normalized spacial score (nSPS) is 17.4. The molecule has 0 fully saturated rings. The summed E-state index contributed by atoms with van der Waals surface area (Å²) < 4.78 is 0. The second-order valence-electron chi connectivity index (χ2n) is 10.4. The molecule has 2 heterocycles. The van der Waals surface area contributed by atoms with Crippen LogP contribution in [0.1, 0.15) is 40.4 Å². The Morgan fingerprint density at radius 3 is 1.93 bits per heavy atom. The van der Waals surface area contributed by atoms with Crippen molar-refractivity contribution in [1.29, 1.82) is 0 Å². The summed E-state index contributed by atoms with van der Waals surface area (Å²) in [6, 6.07) is 43.0. The van der Waals surface area contributed by atoms with Crippen molar-refractivity contribution in [3.8, 4) is 22.4 Å². The summed E-state index contributed by atoms with van der Waals surface area (Å²) >= 11 is 0. The van der Waals surface area contributed by atoms with Crippen LogP contribution < -0.4 is 0 Å². The summed E-state index contributed by atoms with van der Waals surface area (Å²) in [5.41, 5.74) is 11.6. The Balaban J connectivity index is 0.00000316. The van der Waals surface area contributed by atoms with E-state index in [2.05, 4.69) is 160 Å². The Labute approximate surface area is 262 Å². The average molecular weight is 719 g/mol. The minimum atomic E-state index is -0.735. The average Bonchev–Trinajstić information content (AvgIpc) is 3.33. The first kappa shape index (κ1) is 27.6. The molecule has 2 aliphatic rings. The predicted octanol–water partition coefficient (Wildman–Crippen LogP) is 9.04. The SMILES string of the molecule is [CH2-]N=C1/C=C\C=C(/C)c2[c-]c(ccc2)C=Cc2[c-]c(ccc2)-c2cccc(n2)C12c1ccccc1-c1ccccc12.[Pt]. The van der Waals surface area contributed by atoms with Gasteiger partial charge in [0.25, 0.3) is 0 Å². The predicted molar refractivity (Wildman–Crippen MR) is 170 cm³/mol. The number of allylic oxidation sites excluding steroid dienone is 4. The van der Waals surface area contributed by atoms with Crippen molar-refractivity contribution in [1.82, 2.24) is 4.98 Å². The topological polar surface area (TPSA) is 25.2 Å². The van der Waals surface area contributed by atoms with Gasteiger partial charge in [-0.15, -0.1) is 76.9 Å². The summed E-state index contributed by atoms with van der Waals surface area (Å²) in [5, 5.41) is 0. The molecule has 1 aromatic heterocycles. The third-order valence-electron chi connectivity index (χ3n) is 8.02. The molecule has 0 N–H and O–H groups in total. The summed E-state index contributed by atoms with van der Waals surface area (Å²) in [4.78, 5) is 10.1. The Hall–Kier alpha value is -4.52. The van der Waals surface area contributed by atoms with Gasteiger partial charge in [0, 0.05) is 37.9 Å². The van der Waals surface area contributed by atoms with Crippen molar-refractivity contribution in [3.05, 3.63) is 174 Å². The summed E-state index contributed by atoms with van der Waals surface area (Å²) in [5.74, 6) is 0. The van der Waals surface area contributed by atoms with E-state index in [1.54, 1.807) is 0 Å². The standard InChI is InChI=1S/C39H27N2.Pt/c1-27-11-7-21-37(40-2)39(34-18-5-3-16-32(34)33-17-4-6-19-35(33)39)38-22-10-20-36(41-38)31-15-9-13-29(26-31)24-23-28-12-8-14-30(27)25-28;/h3-24H,2H2,1H3;/q-3;/b21-7-,24-23?,27-11+,40-37?;. The fourth-order valence-corrected chi connectivity index (χ4v) is 6.11. The maximum Gasteiger partial charge on any atom is 0.0386 e. The molecule has 42 heavy (non-hydrogen) atoms. The van der Waals surface area contributed by atoms with Gasteiger partial charge >= 0.3 is 0 Å². The van der Waals surface area contributed by atoms with Crippen LogP contribution in [0.4, 0.5) is 0 Å². The second kappa shape index (κ2) is 11.4. The van der Waals surface area contributed by atoms with Crippen LogP contribution in [0.25, 0.3) is 40.1 Å². The Bertz CT molecular complexity index is 1880. The van der Waals surface area contributed by atoms with Crippen molar-refractivity contribution in [3.63, 3.8) is 0 Å². The van der Waals surface area contributed by atoms with Crippen LogP contribution in [0.5, 0.6) is 0 Å².